The molecule has 1 aromatic carbocycles. The number of rotatable bonds is 4. The zero-order valence-electron chi connectivity index (χ0n) is 11.1. The molecule has 1 heterocycles. The molecule has 100 valence electrons. The van der Waals surface area contributed by atoms with E-state index in [-0.39, 0.29) is 17.9 Å². The van der Waals surface area contributed by atoms with Crippen LogP contribution in [0.3, 0.4) is 0 Å². The van der Waals surface area contributed by atoms with Gasteiger partial charge in [0.2, 0.25) is 5.91 Å². The Morgan fingerprint density at radius 2 is 2.00 bits per heavy atom. The summed E-state index contributed by atoms with van der Waals surface area (Å²) in [5.74, 6) is 0.322. The number of aromatic nitrogens is 2. The van der Waals surface area contributed by atoms with Gasteiger partial charge in [-0.25, -0.2) is 5.10 Å². The van der Waals surface area contributed by atoms with E-state index in [4.69, 9.17) is 0 Å². The molecule has 2 N–H and O–H groups in total. The zero-order chi connectivity index (χ0) is 13.8. The van der Waals surface area contributed by atoms with Crippen molar-refractivity contribution in [2.24, 2.45) is 5.92 Å². The van der Waals surface area contributed by atoms with Crippen LogP contribution in [0.25, 0.3) is 10.8 Å². The van der Waals surface area contributed by atoms with Crippen LogP contribution in [0.5, 0.6) is 0 Å². The lowest BCUT2D eigenvalue weighted by Crippen LogP contribution is -2.29. The van der Waals surface area contributed by atoms with Crippen molar-refractivity contribution in [2.45, 2.75) is 20.3 Å². The van der Waals surface area contributed by atoms with Crippen LogP contribution in [-0.2, 0) is 11.2 Å². The molecule has 0 aliphatic rings. The Morgan fingerprint density at radius 3 is 2.68 bits per heavy atom. The molecular weight excluding hydrogens is 242 g/mol. The van der Waals surface area contributed by atoms with Gasteiger partial charge in [0.15, 0.2) is 0 Å². The molecular formula is C14H17N3O2. The first-order chi connectivity index (χ1) is 9.08. The van der Waals surface area contributed by atoms with Gasteiger partial charge in [0, 0.05) is 11.9 Å². The van der Waals surface area contributed by atoms with E-state index in [1.165, 1.54) is 0 Å². The first-order valence-electron chi connectivity index (χ1n) is 6.31. The molecule has 1 aromatic heterocycles. The highest BCUT2D eigenvalue weighted by Crippen LogP contribution is 2.12. The molecule has 0 aliphatic heterocycles. The second-order valence-corrected chi connectivity index (χ2v) is 4.92. The van der Waals surface area contributed by atoms with Crippen LogP contribution in [0, 0.1) is 5.92 Å². The Morgan fingerprint density at radius 1 is 1.32 bits per heavy atom. The fourth-order valence-corrected chi connectivity index (χ4v) is 1.84. The van der Waals surface area contributed by atoms with E-state index in [9.17, 15) is 9.59 Å². The molecule has 0 saturated carbocycles. The van der Waals surface area contributed by atoms with Gasteiger partial charge in [-0.15, -0.1) is 0 Å². The first-order valence-corrected chi connectivity index (χ1v) is 6.31. The van der Waals surface area contributed by atoms with Gasteiger partial charge in [-0.05, 0) is 12.0 Å². The monoisotopic (exact) mass is 259 g/mol. The molecule has 0 bridgehead atoms. The van der Waals surface area contributed by atoms with Crippen LogP contribution in [0.15, 0.2) is 29.1 Å². The summed E-state index contributed by atoms with van der Waals surface area (Å²) in [5.41, 5.74) is 0.360. The quantitative estimate of drug-likeness (QED) is 0.867. The summed E-state index contributed by atoms with van der Waals surface area (Å²) in [6.45, 7) is 4.71. The maximum Gasteiger partial charge on any atom is 0.272 e. The Kier molecular flexibility index (Phi) is 3.94. The molecule has 19 heavy (non-hydrogen) atoms. The predicted molar refractivity (Wildman–Crippen MR) is 73.9 cm³/mol. The number of H-pyrrole nitrogens is 1. The van der Waals surface area contributed by atoms with Crippen LogP contribution in [0.4, 0.5) is 0 Å². The van der Waals surface area contributed by atoms with Gasteiger partial charge in [0.1, 0.15) is 0 Å². The van der Waals surface area contributed by atoms with E-state index in [2.05, 4.69) is 15.5 Å². The number of fused-ring (bicyclic) bond motifs is 1. The number of nitrogens with one attached hydrogen (secondary N) is 2. The molecule has 0 saturated heterocycles. The number of aromatic amines is 1. The minimum atomic E-state index is -0.234. The van der Waals surface area contributed by atoms with Crippen molar-refractivity contribution in [1.82, 2.24) is 15.5 Å². The Bertz CT molecular complexity index is 646. The normalized spacial score (nSPS) is 10.9. The van der Waals surface area contributed by atoms with Crippen molar-refractivity contribution in [1.29, 1.82) is 0 Å². The first kappa shape index (κ1) is 13.3. The zero-order valence-corrected chi connectivity index (χ0v) is 11.1. The summed E-state index contributed by atoms with van der Waals surface area (Å²) in [6.07, 6.45) is 0.171. The van der Waals surface area contributed by atoms with E-state index >= 15 is 0 Å². The van der Waals surface area contributed by atoms with Gasteiger partial charge in [-0.3, -0.25) is 9.59 Å². The number of amides is 1. The predicted octanol–water partition coefficient (Wildman–Crippen LogP) is 1.24. The lowest BCUT2D eigenvalue weighted by molar-refractivity contribution is -0.120. The van der Waals surface area contributed by atoms with Gasteiger partial charge in [-0.2, -0.15) is 5.10 Å². The highest BCUT2D eigenvalue weighted by Gasteiger charge is 2.10. The molecule has 5 heteroatoms. The van der Waals surface area contributed by atoms with Gasteiger partial charge >= 0.3 is 0 Å². The molecule has 0 aliphatic carbocycles. The number of carbonyl (C=O) groups excluding carboxylic acids is 1. The third kappa shape index (κ3) is 3.19. The minimum Gasteiger partial charge on any atom is -0.356 e. The average Bonchev–Trinajstić information content (AvgIpc) is 2.40. The van der Waals surface area contributed by atoms with Crippen molar-refractivity contribution < 1.29 is 4.79 Å². The SMILES string of the molecule is CC(C)CNC(=O)Cc1n[nH]c(=O)c2ccccc12. The summed E-state index contributed by atoms with van der Waals surface area (Å²) in [5, 5.41) is 10.5. The summed E-state index contributed by atoms with van der Waals surface area (Å²) in [4.78, 5) is 23.4. The fraction of sp³-hybridized carbons (Fsp3) is 0.357. The minimum absolute atomic E-state index is 0.0848. The van der Waals surface area contributed by atoms with Crippen molar-refractivity contribution in [3.63, 3.8) is 0 Å². The molecule has 0 fully saturated rings. The largest absolute Gasteiger partial charge is 0.356 e. The Balaban J connectivity index is 2.24. The molecule has 0 spiro atoms. The van der Waals surface area contributed by atoms with Crippen molar-refractivity contribution in [3.8, 4) is 0 Å². The maximum atomic E-state index is 11.8. The van der Waals surface area contributed by atoms with E-state index < -0.39 is 0 Å². The average molecular weight is 259 g/mol. The molecule has 0 atom stereocenters. The van der Waals surface area contributed by atoms with E-state index in [1.807, 2.05) is 26.0 Å². The summed E-state index contributed by atoms with van der Waals surface area (Å²) < 4.78 is 0. The van der Waals surface area contributed by atoms with Gasteiger partial charge in [0.25, 0.3) is 5.56 Å². The summed E-state index contributed by atoms with van der Waals surface area (Å²) in [7, 11) is 0. The molecule has 1 amide bonds. The second kappa shape index (κ2) is 5.65. The smallest absolute Gasteiger partial charge is 0.272 e. The third-order valence-electron chi connectivity index (χ3n) is 2.81. The highest BCUT2D eigenvalue weighted by atomic mass is 16.1. The van der Waals surface area contributed by atoms with Crippen LogP contribution < -0.4 is 10.9 Å². The second-order valence-electron chi connectivity index (χ2n) is 4.92. The van der Waals surface area contributed by atoms with Crippen molar-refractivity contribution in [2.75, 3.05) is 6.54 Å². The summed E-state index contributed by atoms with van der Waals surface area (Å²) in [6, 6.07) is 7.16. The van der Waals surface area contributed by atoms with Crippen LogP contribution >= 0.6 is 0 Å². The lowest BCUT2D eigenvalue weighted by atomic mass is 10.1. The third-order valence-corrected chi connectivity index (χ3v) is 2.81. The van der Waals surface area contributed by atoms with Gasteiger partial charge in [0.05, 0.1) is 17.5 Å². The molecule has 0 radical (unpaired) electrons. The Hall–Kier alpha value is -2.17. The van der Waals surface area contributed by atoms with E-state index in [1.54, 1.807) is 12.1 Å². The van der Waals surface area contributed by atoms with Crippen LogP contribution in [-0.4, -0.2) is 22.6 Å². The van der Waals surface area contributed by atoms with Gasteiger partial charge < -0.3 is 5.32 Å². The summed E-state index contributed by atoms with van der Waals surface area (Å²) >= 11 is 0. The van der Waals surface area contributed by atoms with Crippen molar-refractivity contribution >= 4 is 16.7 Å². The number of hydrogen-bond donors (Lipinski definition) is 2. The van der Waals surface area contributed by atoms with Gasteiger partial charge in [-0.1, -0.05) is 32.0 Å². The number of nitrogens with zero attached hydrogens (tertiary/aromatic N) is 1. The molecule has 5 nitrogen and oxygen atoms in total. The number of benzene rings is 1. The van der Waals surface area contributed by atoms with Crippen LogP contribution in [0.1, 0.15) is 19.5 Å². The van der Waals surface area contributed by atoms with E-state index in [0.29, 0.717) is 23.5 Å². The molecule has 2 rings (SSSR count). The highest BCUT2D eigenvalue weighted by molar-refractivity contribution is 5.88. The number of carbonyl (C=O) groups is 1. The fourth-order valence-electron chi connectivity index (χ4n) is 1.84. The standard InChI is InChI=1S/C14H17N3O2/c1-9(2)8-15-13(18)7-12-10-5-3-4-6-11(10)14(19)17-16-12/h3-6,9H,7-8H2,1-2H3,(H,15,18)(H,17,19). The molecule has 0 unspecified atom stereocenters. The number of hydrogen-bond acceptors (Lipinski definition) is 3. The maximum absolute atomic E-state index is 11.8. The van der Waals surface area contributed by atoms with Crippen molar-refractivity contribution in [3.05, 3.63) is 40.3 Å². The Labute approximate surface area is 111 Å². The molecule has 2 aromatic rings. The lowest BCUT2D eigenvalue weighted by Gasteiger charge is -2.08. The topological polar surface area (TPSA) is 74.8 Å². The van der Waals surface area contributed by atoms with Crippen LogP contribution in [0.2, 0.25) is 0 Å². The van der Waals surface area contributed by atoms with E-state index in [0.717, 1.165) is 5.39 Å².